The Hall–Kier alpha value is -2.00. The summed E-state index contributed by atoms with van der Waals surface area (Å²) in [6.45, 7) is 13.9. The van der Waals surface area contributed by atoms with Gasteiger partial charge in [-0.25, -0.2) is 0 Å². The number of rotatable bonds is 10. The maximum atomic E-state index is 6.59. The molecule has 27 heavy (non-hydrogen) atoms. The van der Waals surface area contributed by atoms with E-state index < -0.39 is 0 Å². The third kappa shape index (κ3) is 6.59. The minimum atomic E-state index is -0.322. The average Bonchev–Trinajstić information content (AvgIpc) is 2.57. The number of ether oxygens (including phenoxy) is 3. The number of hydrogen-bond donors (Lipinski definition) is 0. The first kappa shape index (κ1) is 21.3. The third-order valence-corrected chi connectivity index (χ3v) is 4.33. The molecular weight excluding hydrogens is 336 g/mol. The Morgan fingerprint density at radius 2 is 1.00 bits per heavy atom. The van der Waals surface area contributed by atoms with Gasteiger partial charge in [0.2, 0.25) is 0 Å². The molecule has 0 spiro atoms. The van der Waals surface area contributed by atoms with E-state index in [9.17, 15) is 0 Å². The van der Waals surface area contributed by atoms with Crippen molar-refractivity contribution in [2.75, 3.05) is 13.2 Å². The number of para-hydroxylation sites is 2. The van der Waals surface area contributed by atoms with Gasteiger partial charge in [-0.3, -0.25) is 0 Å². The fraction of sp³-hybridized carbons (Fsp3) is 0.500. The van der Waals surface area contributed by atoms with E-state index >= 15 is 0 Å². The second-order valence-electron chi connectivity index (χ2n) is 8.06. The van der Waals surface area contributed by atoms with Crippen molar-refractivity contribution < 1.29 is 14.2 Å². The van der Waals surface area contributed by atoms with E-state index in [1.807, 2.05) is 38.1 Å². The van der Waals surface area contributed by atoms with Gasteiger partial charge in [0, 0.05) is 12.8 Å². The molecule has 0 saturated heterocycles. The van der Waals surface area contributed by atoms with Crippen LogP contribution in [0.4, 0.5) is 0 Å². The summed E-state index contributed by atoms with van der Waals surface area (Å²) >= 11 is 0. The molecule has 0 radical (unpaired) electrons. The molecule has 0 unspecified atom stereocenters. The minimum Gasteiger partial charge on any atom is -0.494 e. The second-order valence-corrected chi connectivity index (χ2v) is 8.06. The molecule has 0 saturated carbocycles. The largest absolute Gasteiger partial charge is 0.494 e. The normalized spacial score (nSPS) is 12.1. The maximum absolute atomic E-state index is 6.59. The van der Waals surface area contributed by atoms with Crippen molar-refractivity contribution in [1.82, 2.24) is 0 Å². The molecule has 3 nitrogen and oxygen atoms in total. The highest BCUT2D eigenvalue weighted by Crippen LogP contribution is 2.32. The van der Waals surface area contributed by atoms with Crippen LogP contribution in [0.2, 0.25) is 0 Å². The predicted molar refractivity (Wildman–Crippen MR) is 112 cm³/mol. The van der Waals surface area contributed by atoms with E-state index in [2.05, 4.69) is 52.0 Å². The Balaban J connectivity index is 2.11. The molecular formula is C24H34O3. The van der Waals surface area contributed by atoms with Gasteiger partial charge in [0.1, 0.15) is 11.5 Å². The first-order valence-electron chi connectivity index (χ1n) is 9.88. The molecule has 3 heteroatoms. The summed E-state index contributed by atoms with van der Waals surface area (Å²) in [5.41, 5.74) is 1.71. The van der Waals surface area contributed by atoms with Crippen LogP contribution in [-0.4, -0.2) is 24.4 Å². The molecule has 0 atom stereocenters. The zero-order chi connectivity index (χ0) is 19.9. The van der Waals surface area contributed by atoms with Crippen molar-refractivity contribution in [3.63, 3.8) is 0 Å². The molecule has 0 bridgehead atoms. The van der Waals surface area contributed by atoms with Crippen molar-refractivity contribution >= 4 is 0 Å². The van der Waals surface area contributed by atoms with Crippen molar-refractivity contribution in [2.45, 2.75) is 65.6 Å². The van der Waals surface area contributed by atoms with Crippen LogP contribution in [0.5, 0.6) is 11.5 Å². The van der Waals surface area contributed by atoms with Crippen LogP contribution in [-0.2, 0) is 17.6 Å². The molecule has 148 valence electrons. The van der Waals surface area contributed by atoms with Crippen LogP contribution < -0.4 is 9.47 Å². The molecule has 0 N–H and O–H groups in total. The Kier molecular flexibility index (Phi) is 7.32. The van der Waals surface area contributed by atoms with Crippen molar-refractivity contribution in [3.8, 4) is 11.5 Å². The quantitative estimate of drug-likeness (QED) is 0.525. The van der Waals surface area contributed by atoms with E-state index in [0.717, 1.165) is 24.3 Å². The van der Waals surface area contributed by atoms with Gasteiger partial charge in [-0.15, -0.1) is 0 Å². The van der Waals surface area contributed by atoms with Crippen LogP contribution in [0, 0.1) is 0 Å². The maximum Gasteiger partial charge on any atom is 0.122 e. The first-order valence-corrected chi connectivity index (χ1v) is 9.88. The molecule has 2 aromatic carbocycles. The lowest BCUT2D eigenvalue weighted by molar-refractivity contribution is -0.121. The number of hydrogen-bond acceptors (Lipinski definition) is 3. The van der Waals surface area contributed by atoms with E-state index in [4.69, 9.17) is 14.2 Å². The van der Waals surface area contributed by atoms with Gasteiger partial charge in [-0.05, 0) is 64.8 Å². The van der Waals surface area contributed by atoms with Gasteiger partial charge in [0.25, 0.3) is 0 Å². The SMILES string of the molecule is CCOc1ccccc1CC(C)(C)OC(C)(C)Cc1ccccc1OCC. The summed E-state index contributed by atoms with van der Waals surface area (Å²) in [5.74, 6) is 1.88. The van der Waals surface area contributed by atoms with Crippen LogP contribution in [0.3, 0.4) is 0 Å². The third-order valence-electron chi connectivity index (χ3n) is 4.33. The van der Waals surface area contributed by atoms with Crippen LogP contribution in [0.1, 0.15) is 52.7 Å². The summed E-state index contributed by atoms with van der Waals surface area (Å²) in [7, 11) is 0. The van der Waals surface area contributed by atoms with Crippen LogP contribution >= 0.6 is 0 Å². The van der Waals surface area contributed by atoms with Gasteiger partial charge in [0.05, 0.1) is 24.4 Å². The highest BCUT2D eigenvalue weighted by molar-refractivity contribution is 5.35. The van der Waals surface area contributed by atoms with E-state index in [0.29, 0.717) is 13.2 Å². The molecule has 0 amide bonds. The van der Waals surface area contributed by atoms with Crippen LogP contribution in [0.25, 0.3) is 0 Å². The Morgan fingerprint density at radius 3 is 1.37 bits per heavy atom. The zero-order valence-electron chi connectivity index (χ0n) is 17.7. The fourth-order valence-corrected chi connectivity index (χ4v) is 3.63. The van der Waals surface area contributed by atoms with Crippen LogP contribution in [0.15, 0.2) is 48.5 Å². The Bertz CT molecular complexity index is 658. The van der Waals surface area contributed by atoms with E-state index in [1.165, 1.54) is 11.1 Å². The smallest absolute Gasteiger partial charge is 0.122 e. The molecule has 0 aliphatic heterocycles. The Morgan fingerprint density at radius 1 is 0.630 bits per heavy atom. The second kappa shape index (κ2) is 9.27. The van der Waals surface area contributed by atoms with Gasteiger partial charge in [0.15, 0.2) is 0 Å². The lowest BCUT2D eigenvalue weighted by Gasteiger charge is -2.37. The van der Waals surface area contributed by atoms with Crippen molar-refractivity contribution in [2.24, 2.45) is 0 Å². The van der Waals surface area contributed by atoms with E-state index in [1.54, 1.807) is 0 Å². The van der Waals surface area contributed by atoms with Crippen molar-refractivity contribution in [3.05, 3.63) is 59.7 Å². The Labute approximate surface area is 164 Å². The summed E-state index contributed by atoms with van der Waals surface area (Å²) in [4.78, 5) is 0. The summed E-state index contributed by atoms with van der Waals surface area (Å²) in [6.07, 6.45) is 1.58. The standard InChI is InChI=1S/C24H34O3/c1-7-25-21-15-11-9-13-19(21)17-23(3,4)27-24(5,6)18-20-14-10-12-16-22(20)26-8-2/h9-16H,7-8,17-18H2,1-6H3. The molecule has 0 fully saturated rings. The summed E-state index contributed by atoms with van der Waals surface area (Å²) in [5, 5.41) is 0. The molecule has 0 heterocycles. The van der Waals surface area contributed by atoms with Gasteiger partial charge >= 0.3 is 0 Å². The molecule has 2 rings (SSSR count). The summed E-state index contributed by atoms with van der Waals surface area (Å²) in [6, 6.07) is 16.4. The monoisotopic (exact) mass is 370 g/mol. The van der Waals surface area contributed by atoms with Gasteiger partial charge in [-0.2, -0.15) is 0 Å². The molecule has 0 aliphatic carbocycles. The minimum absolute atomic E-state index is 0.322. The highest BCUT2D eigenvalue weighted by Gasteiger charge is 2.31. The van der Waals surface area contributed by atoms with Crippen molar-refractivity contribution in [1.29, 1.82) is 0 Å². The highest BCUT2D eigenvalue weighted by atomic mass is 16.5. The zero-order valence-corrected chi connectivity index (χ0v) is 17.7. The topological polar surface area (TPSA) is 27.7 Å². The lowest BCUT2D eigenvalue weighted by atomic mass is 9.93. The first-order chi connectivity index (χ1) is 12.8. The predicted octanol–water partition coefficient (Wildman–Crippen LogP) is 5.84. The van der Waals surface area contributed by atoms with E-state index in [-0.39, 0.29) is 11.2 Å². The summed E-state index contributed by atoms with van der Waals surface area (Å²) < 4.78 is 18.1. The fourth-order valence-electron chi connectivity index (χ4n) is 3.63. The van der Waals surface area contributed by atoms with Gasteiger partial charge < -0.3 is 14.2 Å². The number of benzene rings is 2. The molecule has 0 aliphatic rings. The lowest BCUT2D eigenvalue weighted by Crippen LogP contribution is -2.40. The molecule has 2 aromatic rings. The van der Waals surface area contributed by atoms with Gasteiger partial charge in [-0.1, -0.05) is 36.4 Å². The molecule has 0 aromatic heterocycles. The average molecular weight is 371 g/mol.